The summed E-state index contributed by atoms with van der Waals surface area (Å²) in [4.78, 5) is 21.9. The van der Waals surface area contributed by atoms with E-state index in [1.54, 1.807) is 12.4 Å². The van der Waals surface area contributed by atoms with Crippen LogP contribution in [0.4, 0.5) is 0 Å². The average molecular weight is 439 g/mol. The smallest absolute Gasteiger partial charge is 0.343 e. The lowest BCUT2D eigenvalue weighted by Crippen LogP contribution is -2.53. The second kappa shape index (κ2) is 10.1. The zero-order chi connectivity index (χ0) is 22.4. The Morgan fingerprint density at radius 2 is 1.81 bits per heavy atom. The van der Waals surface area contributed by atoms with Crippen LogP contribution in [0.15, 0.2) is 48.9 Å². The van der Waals surface area contributed by atoms with Gasteiger partial charge in [0.2, 0.25) is 0 Å². The van der Waals surface area contributed by atoms with Crippen molar-refractivity contribution in [3.8, 4) is 0 Å². The van der Waals surface area contributed by atoms with Gasteiger partial charge < -0.3 is 14.3 Å². The molecule has 4 rings (SSSR count). The summed E-state index contributed by atoms with van der Waals surface area (Å²) in [5.74, 6) is -0.543. The molecule has 1 aromatic carbocycles. The molecule has 2 aromatic rings. The lowest BCUT2D eigenvalue weighted by atomic mass is 9.73. The third kappa shape index (κ3) is 5.18. The fraction of sp³-hybridized carbons (Fsp3) is 0.577. The Morgan fingerprint density at radius 1 is 1.09 bits per heavy atom. The maximum atomic E-state index is 13.4. The third-order valence-corrected chi connectivity index (χ3v) is 7.50. The number of likely N-dealkylation sites (N-methyl/N-ethyl adjacent to an activating group) is 1. The topological polar surface area (TPSA) is 72.3 Å². The number of ether oxygens (including phenoxy) is 1. The van der Waals surface area contributed by atoms with Crippen LogP contribution in [-0.2, 0) is 21.6 Å². The maximum Gasteiger partial charge on any atom is 0.343 e. The van der Waals surface area contributed by atoms with Gasteiger partial charge in [-0.05, 0) is 18.4 Å². The first-order valence-electron chi connectivity index (χ1n) is 12.1. The number of esters is 1. The van der Waals surface area contributed by atoms with Crippen molar-refractivity contribution in [1.82, 2.24) is 9.97 Å². The number of carbonyl (C=O) groups is 1. The fourth-order valence-electron chi connectivity index (χ4n) is 5.33. The van der Waals surface area contributed by atoms with E-state index in [4.69, 9.17) is 4.74 Å². The molecule has 172 valence electrons. The summed E-state index contributed by atoms with van der Waals surface area (Å²) in [6.45, 7) is 2.90. The highest BCUT2D eigenvalue weighted by Gasteiger charge is 2.48. The van der Waals surface area contributed by atoms with Crippen LogP contribution in [0.5, 0.6) is 0 Å². The Balaban J connectivity index is 1.38. The average Bonchev–Trinajstić information content (AvgIpc) is 2.85. The second-order valence-electron chi connectivity index (χ2n) is 9.81. The lowest BCUT2D eigenvalue weighted by Gasteiger charge is -2.42. The minimum Gasteiger partial charge on any atom is -0.460 e. The van der Waals surface area contributed by atoms with Crippen molar-refractivity contribution in [2.75, 3.05) is 26.7 Å². The van der Waals surface area contributed by atoms with Gasteiger partial charge in [0.25, 0.3) is 0 Å². The van der Waals surface area contributed by atoms with Gasteiger partial charge in [0.1, 0.15) is 6.10 Å². The molecule has 32 heavy (non-hydrogen) atoms. The number of hydrogen-bond donors (Lipinski definition) is 1. The van der Waals surface area contributed by atoms with Gasteiger partial charge >= 0.3 is 5.97 Å². The lowest BCUT2D eigenvalue weighted by molar-refractivity contribution is -0.914. The summed E-state index contributed by atoms with van der Waals surface area (Å²) in [6.07, 6.45) is 12.7. The predicted molar refractivity (Wildman–Crippen MR) is 123 cm³/mol. The number of carbonyl (C=O) groups excluding carboxylic acids is 1. The van der Waals surface area contributed by atoms with Gasteiger partial charge in [-0.25, -0.2) is 4.79 Å². The van der Waals surface area contributed by atoms with Gasteiger partial charge in [0.05, 0.1) is 32.4 Å². The highest BCUT2D eigenvalue weighted by molar-refractivity contribution is 5.81. The van der Waals surface area contributed by atoms with Crippen LogP contribution in [-0.4, -0.2) is 58.3 Å². The number of benzene rings is 1. The number of hydrogen-bond acceptors (Lipinski definition) is 5. The zero-order valence-corrected chi connectivity index (χ0v) is 19.2. The van der Waals surface area contributed by atoms with Crippen molar-refractivity contribution in [3.05, 3.63) is 60.2 Å². The van der Waals surface area contributed by atoms with Crippen molar-refractivity contribution in [1.29, 1.82) is 0 Å². The van der Waals surface area contributed by atoms with E-state index in [2.05, 4.69) is 17.0 Å². The van der Waals surface area contributed by atoms with E-state index in [-0.39, 0.29) is 12.0 Å². The second-order valence-corrected chi connectivity index (χ2v) is 9.81. The predicted octanol–water partition coefficient (Wildman–Crippen LogP) is 3.64. The summed E-state index contributed by atoms with van der Waals surface area (Å²) in [5, 5.41) is 11.7. The summed E-state index contributed by atoms with van der Waals surface area (Å²) in [7, 11) is 2.26. The van der Waals surface area contributed by atoms with E-state index in [1.165, 1.54) is 6.42 Å². The summed E-state index contributed by atoms with van der Waals surface area (Å²) in [5.41, 5.74) is 0.126. The zero-order valence-electron chi connectivity index (χ0n) is 19.2. The quantitative estimate of drug-likeness (QED) is 0.528. The minimum absolute atomic E-state index is 0.0808. The number of rotatable bonds is 7. The molecule has 1 N–H and O–H groups in total. The molecule has 2 aliphatic rings. The molecule has 1 saturated carbocycles. The maximum absolute atomic E-state index is 13.4. The van der Waals surface area contributed by atoms with Gasteiger partial charge in [0.15, 0.2) is 5.60 Å². The molecular weight excluding hydrogens is 402 g/mol. The highest BCUT2D eigenvalue weighted by Crippen LogP contribution is 2.41. The molecule has 1 atom stereocenters. The van der Waals surface area contributed by atoms with Crippen LogP contribution in [0.3, 0.4) is 0 Å². The van der Waals surface area contributed by atoms with Gasteiger partial charge in [-0.2, -0.15) is 0 Å². The first-order chi connectivity index (χ1) is 15.5. The van der Waals surface area contributed by atoms with E-state index >= 15 is 0 Å². The Bertz CT molecular complexity index is 862. The molecule has 6 heteroatoms. The summed E-state index contributed by atoms with van der Waals surface area (Å²) < 4.78 is 6.94. The largest absolute Gasteiger partial charge is 0.460 e. The van der Waals surface area contributed by atoms with Crippen LogP contribution in [0.2, 0.25) is 0 Å². The Kier molecular flexibility index (Phi) is 7.21. The van der Waals surface area contributed by atoms with Crippen LogP contribution in [0.25, 0.3) is 0 Å². The highest BCUT2D eigenvalue weighted by atomic mass is 16.6. The van der Waals surface area contributed by atoms with Crippen molar-refractivity contribution >= 4 is 5.97 Å². The van der Waals surface area contributed by atoms with Gasteiger partial charge in [-0.3, -0.25) is 9.97 Å². The van der Waals surface area contributed by atoms with Crippen LogP contribution < -0.4 is 0 Å². The van der Waals surface area contributed by atoms with Crippen molar-refractivity contribution < 1.29 is 19.1 Å². The molecule has 1 aliphatic carbocycles. The molecule has 0 bridgehead atoms. The number of piperidine rings is 1. The number of aromatic nitrogens is 2. The van der Waals surface area contributed by atoms with Crippen molar-refractivity contribution in [2.24, 2.45) is 5.92 Å². The minimum atomic E-state index is -1.55. The number of likely N-dealkylation sites (tertiary alicyclic amines) is 1. The molecule has 1 aliphatic heterocycles. The van der Waals surface area contributed by atoms with Gasteiger partial charge in [-0.1, -0.05) is 49.6 Å². The molecule has 0 spiro atoms. The molecular formula is C26H36N3O3+. The van der Waals surface area contributed by atoms with E-state index in [0.29, 0.717) is 5.56 Å². The first-order valence-corrected chi connectivity index (χ1v) is 12.1. The van der Waals surface area contributed by atoms with E-state index in [9.17, 15) is 9.90 Å². The van der Waals surface area contributed by atoms with Crippen LogP contribution in [0.1, 0.15) is 56.2 Å². The molecule has 1 unspecified atom stereocenters. The van der Waals surface area contributed by atoms with Crippen molar-refractivity contribution in [2.45, 2.75) is 63.1 Å². The summed E-state index contributed by atoms with van der Waals surface area (Å²) >= 11 is 0. The molecule has 1 saturated heterocycles. The molecule has 1 aromatic heterocycles. The van der Waals surface area contributed by atoms with Crippen LogP contribution >= 0.6 is 0 Å². The Morgan fingerprint density at radius 3 is 2.47 bits per heavy atom. The monoisotopic (exact) mass is 438 g/mol. The molecule has 0 radical (unpaired) electrons. The fourth-order valence-corrected chi connectivity index (χ4v) is 5.33. The molecule has 2 fully saturated rings. The van der Waals surface area contributed by atoms with E-state index in [0.717, 1.165) is 74.8 Å². The molecule has 6 nitrogen and oxygen atoms in total. The first kappa shape index (κ1) is 22.9. The third-order valence-electron chi connectivity index (χ3n) is 7.50. The van der Waals surface area contributed by atoms with Crippen LogP contribution in [0, 0.1) is 5.92 Å². The van der Waals surface area contributed by atoms with Gasteiger partial charge in [0, 0.05) is 43.8 Å². The van der Waals surface area contributed by atoms with E-state index < -0.39 is 11.6 Å². The SMILES string of the molecule is C[N+]1(CCc2cnccn2)CCC(OC(=O)C(O)(c2ccccc2)C2CCCCC2)CC1. The Labute approximate surface area is 191 Å². The number of nitrogens with zero attached hydrogens (tertiary/aromatic N) is 3. The standard InChI is InChI=1S/C26H36N3O3/c1-29(17-12-23-20-27-15-16-28-23)18-13-24(14-19-29)32-25(30)26(31,21-8-4-2-5-9-21)22-10-6-3-7-11-22/h2,4-5,8-9,15-16,20,22,24,31H,3,6-7,10-14,17-19H2,1H3/q+1. The normalized spacial score (nSPS) is 26.2. The molecule has 2 heterocycles. The number of quaternary nitrogens is 1. The number of aliphatic hydroxyl groups is 1. The Hall–Kier alpha value is -2.31. The molecule has 0 amide bonds. The van der Waals surface area contributed by atoms with E-state index in [1.807, 2.05) is 36.5 Å². The summed E-state index contributed by atoms with van der Waals surface area (Å²) in [6, 6.07) is 9.40. The van der Waals surface area contributed by atoms with Crippen molar-refractivity contribution in [3.63, 3.8) is 0 Å². The van der Waals surface area contributed by atoms with Gasteiger partial charge in [-0.15, -0.1) is 0 Å².